The largest absolute Gasteiger partial charge is 0.349 e. The van der Waals surface area contributed by atoms with Gasteiger partial charge in [-0.1, -0.05) is 35.8 Å². The quantitative estimate of drug-likeness (QED) is 0.390. The number of fused-ring (bicyclic) bond motifs is 3. The molecule has 210 valence electrons. The van der Waals surface area contributed by atoms with E-state index in [0.717, 1.165) is 85.3 Å². The maximum atomic E-state index is 13.2. The van der Waals surface area contributed by atoms with Crippen LogP contribution in [0.3, 0.4) is 0 Å². The number of benzene rings is 1. The molecule has 2 aromatic heterocycles. The smallest absolute Gasteiger partial charge is 0.251 e. The van der Waals surface area contributed by atoms with Crippen molar-refractivity contribution in [2.75, 3.05) is 18.4 Å². The number of hydrogen-bond donors (Lipinski definition) is 2. The number of nitrogens with zero attached hydrogens (tertiary/aromatic N) is 4. The number of likely N-dealkylation sites (tertiary alicyclic amines) is 1. The number of nitrogens with one attached hydrogen (secondary N) is 2. The molecule has 1 saturated heterocycles. The predicted octanol–water partition coefficient (Wildman–Crippen LogP) is 5.72. The Kier molecular flexibility index (Phi) is 6.92. The fourth-order valence-electron chi connectivity index (χ4n) is 6.73. The van der Waals surface area contributed by atoms with E-state index in [1.54, 1.807) is 6.07 Å². The molecule has 3 aromatic rings. The topological polar surface area (TPSA) is 92.1 Å². The molecule has 7 rings (SSSR count). The molecule has 3 fully saturated rings. The summed E-state index contributed by atoms with van der Waals surface area (Å²) >= 11 is 8.36. The van der Waals surface area contributed by atoms with Crippen molar-refractivity contribution in [1.82, 2.24) is 25.0 Å². The van der Waals surface area contributed by atoms with Gasteiger partial charge in [0.2, 0.25) is 5.91 Å². The molecule has 0 unspecified atom stereocenters. The molecule has 1 aromatic carbocycles. The summed E-state index contributed by atoms with van der Waals surface area (Å²) in [6, 6.07) is 6.48. The normalized spacial score (nSPS) is 19.9. The number of aromatic nitrogens is 3. The molecule has 8 nitrogen and oxygen atoms in total. The summed E-state index contributed by atoms with van der Waals surface area (Å²) in [5, 5.41) is 12.3. The Hall–Kier alpha value is -2.75. The van der Waals surface area contributed by atoms with E-state index in [0.29, 0.717) is 21.6 Å². The van der Waals surface area contributed by atoms with Gasteiger partial charge in [-0.2, -0.15) is 5.10 Å². The lowest BCUT2D eigenvalue weighted by Gasteiger charge is -2.36. The third kappa shape index (κ3) is 4.97. The number of thiazole rings is 1. The highest BCUT2D eigenvalue weighted by Crippen LogP contribution is 2.48. The first-order valence-electron chi connectivity index (χ1n) is 14.7. The van der Waals surface area contributed by atoms with Gasteiger partial charge >= 0.3 is 0 Å². The molecule has 3 heterocycles. The number of anilines is 1. The highest BCUT2D eigenvalue weighted by Gasteiger charge is 2.36. The van der Waals surface area contributed by atoms with Gasteiger partial charge in [-0.05, 0) is 69.6 Å². The Labute approximate surface area is 243 Å². The van der Waals surface area contributed by atoms with Crippen molar-refractivity contribution in [3.05, 3.63) is 45.7 Å². The van der Waals surface area contributed by atoms with Crippen molar-refractivity contribution in [3.8, 4) is 16.3 Å². The fraction of sp³-hybridized carbons (Fsp3) is 0.533. The molecule has 3 aliphatic carbocycles. The van der Waals surface area contributed by atoms with Crippen LogP contribution in [0.5, 0.6) is 0 Å². The van der Waals surface area contributed by atoms with Crippen molar-refractivity contribution >= 4 is 39.9 Å². The molecule has 2 amide bonds. The highest BCUT2D eigenvalue weighted by molar-refractivity contribution is 7.19. The van der Waals surface area contributed by atoms with Crippen molar-refractivity contribution in [1.29, 1.82) is 0 Å². The molecular weight excluding hydrogens is 544 g/mol. The second-order valence-electron chi connectivity index (χ2n) is 11.8. The lowest BCUT2D eigenvalue weighted by Crippen LogP contribution is -2.47. The number of aryl methyl sites for hydroxylation is 1. The molecule has 40 heavy (non-hydrogen) atoms. The number of carbonyl (C=O) groups is 2. The van der Waals surface area contributed by atoms with Crippen LogP contribution >= 0.6 is 22.9 Å². The van der Waals surface area contributed by atoms with Crippen LogP contribution < -0.4 is 10.6 Å². The number of carbonyl (C=O) groups excluding carboxylic acids is 2. The fourth-order valence-corrected chi connectivity index (χ4v) is 8.10. The Bertz CT molecular complexity index is 1460. The summed E-state index contributed by atoms with van der Waals surface area (Å²) in [5.74, 6) is 0.289. The standard InChI is InChI=1S/C30H35ClN6O2S/c1-17(38)32-30-34-24-10-9-22-26(18-6-7-18)35-37(27(22)28(24)40-30)25-11-8-19(16-23(25)31)29(39)33-20-12-14-36(15-13-20)21-4-2-3-5-21/h8,11,16,18,20-21H,2-7,9-10,12-15H2,1H3,(H,33,39)(H,32,34,38). The Morgan fingerprint density at radius 2 is 1.82 bits per heavy atom. The molecule has 1 aliphatic heterocycles. The van der Waals surface area contributed by atoms with Crippen molar-refractivity contribution in [2.24, 2.45) is 0 Å². The van der Waals surface area contributed by atoms with Gasteiger partial charge in [0.05, 0.1) is 32.7 Å². The maximum absolute atomic E-state index is 13.2. The van der Waals surface area contributed by atoms with E-state index in [4.69, 9.17) is 21.7 Å². The van der Waals surface area contributed by atoms with Gasteiger partial charge in [-0.25, -0.2) is 9.67 Å². The molecule has 0 radical (unpaired) electrons. The first-order chi connectivity index (χ1) is 19.4. The lowest BCUT2D eigenvalue weighted by molar-refractivity contribution is -0.114. The molecule has 4 aliphatic rings. The number of halogens is 1. The summed E-state index contributed by atoms with van der Waals surface area (Å²) in [4.78, 5) is 33.2. The van der Waals surface area contributed by atoms with Gasteiger partial charge < -0.3 is 15.5 Å². The van der Waals surface area contributed by atoms with E-state index in [9.17, 15) is 9.59 Å². The molecule has 10 heteroatoms. The minimum Gasteiger partial charge on any atom is -0.349 e. The maximum Gasteiger partial charge on any atom is 0.251 e. The zero-order valence-corrected chi connectivity index (χ0v) is 24.4. The molecular formula is C30H35ClN6O2S. The highest BCUT2D eigenvalue weighted by atomic mass is 35.5. The Morgan fingerprint density at radius 1 is 1.05 bits per heavy atom. The summed E-state index contributed by atoms with van der Waals surface area (Å²) in [5.41, 5.74) is 5.74. The number of hydrogen-bond acceptors (Lipinski definition) is 6. The SMILES string of the molecule is CC(=O)Nc1nc2c(s1)-c1c(c(C3CC3)nn1-c1ccc(C(=O)NC3CCN(C4CCCC4)CC3)cc1Cl)CC2. The van der Waals surface area contributed by atoms with Crippen LogP contribution in [-0.2, 0) is 17.6 Å². The summed E-state index contributed by atoms with van der Waals surface area (Å²) < 4.78 is 1.94. The van der Waals surface area contributed by atoms with Crippen LogP contribution in [-0.4, -0.2) is 56.7 Å². The molecule has 2 N–H and O–H groups in total. The zero-order valence-electron chi connectivity index (χ0n) is 22.8. The van der Waals surface area contributed by atoms with Gasteiger partial charge in [0, 0.05) is 49.1 Å². The number of piperidine rings is 1. The van der Waals surface area contributed by atoms with Gasteiger partial charge in [-0.3, -0.25) is 9.59 Å². The third-order valence-corrected chi connectivity index (χ3v) is 10.3. The predicted molar refractivity (Wildman–Crippen MR) is 158 cm³/mol. The van der Waals surface area contributed by atoms with E-state index < -0.39 is 0 Å². The van der Waals surface area contributed by atoms with Crippen LogP contribution in [0.15, 0.2) is 18.2 Å². The summed E-state index contributed by atoms with van der Waals surface area (Å²) in [6.07, 6.45) is 11.4. The van der Waals surface area contributed by atoms with Crippen LogP contribution in [0.1, 0.15) is 91.5 Å². The monoisotopic (exact) mass is 578 g/mol. The van der Waals surface area contributed by atoms with E-state index in [-0.39, 0.29) is 17.9 Å². The van der Waals surface area contributed by atoms with Gasteiger partial charge in [0.25, 0.3) is 5.91 Å². The van der Waals surface area contributed by atoms with Crippen LogP contribution in [0.4, 0.5) is 5.13 Å². The van der Waals surface area contributed by atoms with Gasteiger partial charge in [-0.15, -0.1) is 0 Å². The number of rotatable bonds is 6. The van der Waals surface area contributed by atoms with E-state index in [2.05, 4.69) is 15.5 Å². The van der Waals surface area contributed by atoms with Gasteiger partial charge in [0.1, 0.15) is 0 Å². The number of amides is 2. The average molecular weight is 579 g/mol. The minimum absolute atomic E-state index is 0.0707. The van der Waals surface area contributed by atoms with Crippen LogP contribution in [0.2, 0.25) is 5.02 Å². The van der Waals surface area contributed by atoms with Crippen molar-refractivity contribution < 1.29 is 9.59 Å². The molecule has 2 saturated carbocycles. The van der Waals surface area contributed by atoms with Gasteiger partial charge in [0.15, 0.2) is 5.13 Å². The average Bonchev–Trinajstić information content (AvgIpc) is 3.31. The van der Waals surface area contributed by atoms with E-state index in [1.165, 1.54) is 49.5 Å². The summed E-state index contributed by atoms with van der Waals surface area (Å²) in [7, 11) is 0. The van der Waals surface area contributed by atoms with Crippen LogP contribution in [0.25, 0.3) is 16.3 Å². The van der Waals surface area contributed by atoms with Crippen molar-refractivity contribution in [3.63, 3.8) is 0 Å². The Balaban J connectivity index is 1.12. The second-order valence-corrected chi connectivity index (χ2v) is 13.2. The first kappa shape index (κ1) is 26.2. The Morgan fingerprint density at radius 3 is 2.52 bits per heavy atom. The minimum atomic E-state index is -0.130. The zero-order chi connectivity index (χ0) is 27.4. The van der Waals surface area contributed by atoms with E-state index >= 15 is 0 Å². The summed E-state index contributed by atoms with van der Waals surface area (Å²) in [6.45, 7) is 3.62. The van der Waals surface area contributed by atoms with E-state index in [1.807, 2.05) is 16.8 Å². The van der Waals surface area contributed by atoms with Crippen molar-refractivity contribution in [2.45, 2.75) is 89.1 Å². The second kappa shape index (κ2) is 10.6. The molecule has 0 atom stereocenters. The lowest BCUT2D eigenvalue weighted by atomic mass is 9.96. The molecule has 0 spiro atoms. The third-order valence-electron chi connectivity index (χ3n) is 8.93. The van der Waals surface area contributed by atoms with Crippen LogP contribution in [0, 0.1) is 0 Å². The molecule has 0 bridgehead atoms. The first-order valence-corrected chi connectivity index (χ1v) is 15.9.